The fraction of sp³-hybridized carbons (Fsp3) is 0.231. The number of amides is 2. The number of carbonyl (C=O) groups excluding carboxylic acids is 2. The van der Waals surface area contributed by atoms with Gasteiger partial charge < -0.3 is 10.2 Å². The van der Waals surface area contributed by atoms with Crippen LogP contribution in [0.25, 0.3) is 16.6 Å². The molecule has 1 atom stereocenters. The summed E-state index contributed by atoms with van der Waals surface area (Å²) in [6.45, 7) is 2.52. The zero-order valence-electron chi connectivity index (χ0n) is 20.2. The Balaban J connectivity index is 1.19. The average Bonchev–Trinajstić information content (AvgIpc) is 3.70. The van der Waals surface area contributed by atoms with Crippen molar-refractivity contribution in [2.75, 3.05) is 11.9 Å². The van der Waals surface area contributed by atoms with Gasteiger partial charge in [0.15, 0.2) is 5.82 Å². The minimum absolute atomic E-state index is 0.147. The molecular weight excluding hydrogens is 470 g/mol. The molecule has 0 aliphatic carbocycles. The molecule has 11 heteroatoms. The third kappa shape index (κ3) is 4.35. The molecule has 1 fully saturated rings. The molecule has 186 valence electrons. The average molecular weight is 496 g/mol. The van der Waals surface area contributed by atoms with Gasteiger partial charge in [-0.1, -0.05) is 18.2 Å². The van der Waals surface area contributed by atoms with Gasteiger partial charge in [0, 0.05) is 23.6 Å². The zero-order valence-corrected chi connectivity index (χ0v) is 20.2. The molecule has 37 heavy (non-hydrogen) atoms. The summed E-state index contributed by atoms with van der Waals surface area (Å²) >= 11 is 0. The van der Waals surface area contributed by atoms with Crippen LogP contribution < -0.4 is 5.32 Å². The van der Waals surface area contributed by atoms with Crippen LogP contribution >= 0.6 is 0 Å². The van der Waals surface area contributed by atoms with Crippen LogP contribution in [0, 0.1) is 6.92 Å². The number of likely N-dealkylation sites (tertiary alicyclic amines) is 1. The summed E-state index contributed by atoms with van der Waals surface area (Å²) in [5, 5.41) is 22.4. The normalized spacial score (nSPS) is 15.7. The highest BCUT2D eigenvalue weighted by Gasteiger charge is 2.32. The summed E-state index contributed by atoms with van der Waals surface area (Å²) < 4.78 is 1.60. The van der Waals surface area contributed by atoms with Crippen molar-refractivity contribution in [3.05, 3.63) is 83.7 Å². The molecule has 0 bridgehead atoms. The van der Waals surface area contributed by atoms with E-state index in [2.05, 4.69) is 35.8 Å². The first kappa shape index (κ1) is 22.7. The maximum Gasteiger partial charge on any atom is 0.294 e. The van der Waals surface area contributed by atoms with Crippen LogP contribution in [0.1, 0.15) is 57.5 Å². The molecule has 2 aromatic carbocycles. The molecule has 0 radical (unpaired) electrons. The summed E-state index contributed by atoms with van der Waals surface area (Å²) in [7, 11) is 0. The van der Waals surface area contributed by atoms with Gasteiger partial charge in [-0.15, -0.1) is 5.10 Å². The number of hydrogen-bond donors (Lipinski definition) is 3. The molecular formula is C26H25N9O2. The van der Waals surface area contributed by atoms with Gasteiger partial charge in [0.2, 0.25) is 5.82 Å². The highest BCUT2D eigenvalue weighted by molar-refractivity contribution is 6.06. The Kier molecular flexibility index (Phi) is 5.72. The summed E-state index contributed by atoms with van der Waals surface area (Å²) in [4.78, 5) is 32.4. The summed E-state index contributed by atoms with van der Waals surface area (Å²) in [5.74, 6) is 0.0446. The van der Waals surface area contributed by atoms with Crippen molar-refractivity contribution in [1.29, 1.82) is 0 Å². The number of nitrogens with one attached hydrogen (secondary N) is 3. The van der Waals surface area contributed by atoms with E-state index in [0.29, 0.717) is 17.9 Å². The molecule has 5 aromatic rings. The molecule has 0 spiro atoms. The molecule has 0 saturated carbocycles. The second-order valence-electron chi connectivity index (χ2n) is 9.15. The van der Waals surface area contributed by atoms with Crippen molar-refractivity contribution in [3.8, 4) is 5.69 Å². The number of aromatic nitrogens is 7. The van der Waals surface area contributed by atoms with Crippen LogP contribution in [-0.4, -0.2) is 58.4 Å². The van der Waals surface area contributed by atoms with Gasteiger partial charge in [-0.25, -0.2) is 9.67 Å². The van der Waals surface area contributed by atoms with Gasteiger partial charge in [-0.05, 0) is 56.0 Å². The Bertz CT molecular complexity index is 1580. The van der Waals surface area contributed by atoms with E-state index in [0.717, 1.165) is 47.1 Å². The van der Waals surface area contributed by atoms with E-state index in [1.54, 1.807) is 34.2 Å². The van der Waals surface area contributed by atoms with Crippen LogP contribution in [-0.2, 0) is 0 Å². The number of fused-ring (bicyclic) bond motifs is 1. The Labute approximate surface area is 211 Å². The number of benzene rings is 2. The number of carbonyl (C=O) groups is 2. The van der Waals surface area contributed by atoms with Gasteiger partial charge >= 0.3 is 0 Å². The van der Waals surface area contributed by atoms with Crippen molar-refractivity contribution in [2.45, 2.75) is 32.2 Å². The molecule has 1 unspecified atom stereocenters. The summed E-state index contributed by atoms with van der Waals surface area (Å²) in [6, 6.07) is 14.7. The number of para-hydroxylation sites is 1. The quantitative estimate of drug-likeness (QED) is 0.339. The number of H-pyrrole nitrogens is 2. The van der Waals surface area contributed by atoms with E-state index < -0.39 is 0 Å². The highest BCUT2D eigenvalue weighted by Crippen LogP contribution is 2.32. The predicted octanol–water partition coefficient (Wildman–Crippen LogP) is 3.79. The van der Waals surface area contributed by atoms with Crippen LogP contribution in [0.3, 0.4) is 0 Å². The highest BCUT2D eigenvalue weighted by atomic mass is 16.2. The first-order valence-corrected chi connectivity index (χ1v) is 12.2. The molecule has 11 nitrogen and oxygen atoms in total. The van der Waals surface area contributed by atoms with Crippen LogP contribution in [0.4, 0.5) is 5.82 Å². The van der Waals surface area contributed by atoms with Gasteiger partial charge in [-0.3, -0.25) is 19.8 Å². The molecule has 1 aliphatic rings. The lowest BCUT2D eigenvalue weighted by molar-refractivity contribution is 0.0593. The molecule has 1 saturated heterocycles. The lowest BCUT2D eigenvalue weighted by atomic mass is 9.99. The molecule has 1 aliphatic heterocycles. The molecule has 3 aromatic heterocycles. The van der Waals surface area contributed by atoms with Crippen molar-refractivity contribution >= 4 is 28.5 Å². The third-order valence-electron chi connectivity index (χ3n) is 6.67. The van der Waals surface area contributed by atoms with Crippen molar-refractivity contribution < 1.29 is 9.59 Å². The monoisotopic (exact) mass is 495 g/mol. The smallest absolute Gasteiger partial charge is 0.294 e. The van der Waals surface area contributed by atoms with Crippen LogP contribution in [0.5, 0.6) is 0 Å². The number of piperidine rings is 1. The summed E-state index contributed by atoms with van der Waals surface area (Å²) in [6.07, 6.45) is 5.89. The van der Waals surface area contributed by atoms with E-state index in [1.165, 1.54) is 0 Å². The van der Waals surface area contributed by atoms with E-state index in [9.17, 15) is 9.59 Å². The molecule has 4 heterocycles. The second-order valence-corrected chi connectivity index (χ2v) is 9.15. The Hall–Kier alpha value is -4.80. The Morgan fingerprint density at radius 3 is 2.81 bits per heavy atom. The maximum atomic E-state index is 13.4. The first-order valence-electron chi connectivity index (χ1n) is 12.2. The number of aryl methyl sites for hydroxylation is 1. The van der Waals surface area contributed by atoms with Crippen molar-refractivity contribution in [3.63, 3.8) is 0 Å². The lowest BCUT2D eigenvalue weighted by Gasteiger charge is -2.34. The van der Waals surface area contributed by atoms with Gasteiger partial charge in [0.05, 0.1) is 29.1 Å². The Morgan fingerprint density at radius 2 is 1.95 bits per heavy atom. The van der Waals surface area contributed by atoms with Gasteiger partial charge in [0.25, 0.3) is 11.8 Å². The van der Waals surface area contributed by atoms with E-state index in [1.807, 2.05) is 43.3 Å². The Morgan fingerprint density at radius 1 is 1.08 bits per heavy atom. The van der Waals surface area contributed by atoms with Crippen molar-refractivity contribution in [2.24, 2.45) is 0 Å². The molecule has 2 amide bonds. The zero-order chi connectivity index (χ0) is 25.4. The predicted molar refractivity (Wildman–Crippen MR) is 136 cm³/mol. The maximum absolute atomic E-state index is 13.4. The fourth-order valence-electron chi connectivity index (χ4n) is 4.82. The molecule has 3 N–H and O–H groups in total. The topological polar surface area (TPSA) is 137 Å². The number of anilines is 1. The lowest BCUT2D eigenvalue weighted by Crippen LogP contribution is -2.39. The molecule has 6 rings (SSSR count). The minimum atomic E-state index is -0.267. The van der Waals surface area contributed by atoms with Gasteiger partial charge in [0.1, 0.15) is 6.33 Å². The summed E-state index contributed by atoms with van der Waals surface area (Å²) in [5.41, 5.74) is 3.95. The largest absolute Gasteiger partial charge is 0.327 e. The SMILES string of the molecule is Cc1cc(C(=O)Nc2cc(C3CCCCN3C(=O)c3ncn(-c4ccccc4)n3)[nH]n2)cc2cn[nH]c12. The standard InChI is InChI=1S/C26H25N9O2/c1-16-11-17(12-18-14-28-32-23(16)18)25(36)29-22-13-20(30-31-22)21-9-5-6-10-34(21)26(37)24-27-15-35(33-24)19-7-3-2-4-8-19/h2-4,7-8,11-15,21H,5-6,9-10H2,1H3,(H,28,32)(H2,29,30,31,36). The first-order chi connectivity index (χ1) is 18.1. The number of hydrogen-bond acceptors (Lipinski definition) is 6. The van der Waals surface area contributed by atoms with Gasteiger partial charge in [-0.2, -0.15) is 10.2 Å². The fourth-order valence-corrected chi connectivity index (χ4v) is 4.82. The van der Waals surface area contributed by atoms with Crippen LogP contribution in [0.15, 0.2) is 61.1 Å². The van der Waals surface area contributed by atoms with E-state index in [-0.39, 0.29) is 23.7 Å². The van der Waals surface area contributed by atoms with Crippen LogP contribution in [0.2, 0.25) is 0 Å². The minimum Gasteiger partial charge on any atom is -0.327 e. The number of nitrogens with zero attached hydrogens (tertiary/aromatic N) is 6. The van der Waals surface area contributed by atoms with Crippen molar-refractivity contribution in [1.82, 2.24) is 40.1 Å². The number of aromatic amines is 2. The third-order valence-corrected chi connectivity index (χ3v) is 6.67. The van der Waals surface area contributed by atoms with E-state index >= 15 is 0 Å². The van der Waals surface area contributed by atoms with E-state index in [4.69, 9.17) is 0 Å². The second kappa shape index (κ2) is 9.34. The number of rotatable bonds is 5.